The average Bonchev–Trinajstić information content (AvgIpc) is 2.22. The third-order valence-corrected chi connectivity index (χ3v) is 2.24. The van der Waals surface area contributed by atoms with Crippen LogP contribution in [0.2, 0.25) is 0 Å². The minimum Gasteiger partial charge on any atom is -0.431 e. The highest BCUT2D eigenvalue weighted by Gasteiger charge is 2.20. The van der Waals surface area contributed by atoms with E-state index >= 15 is 0 Å². The summed E-state index contributed by atoms with van der Waals surface area (Å²) in [6, 6.07) is 0. The van der Waals surface area contributed by atoms with Gasteiger partial charge in [-0.1, -0.05) is 0 Å². The lowest BCUT2D eigenvalue weighted by Gasteiger charge is -2.28. The number of piperidine rings is 1. The fourth-order valence-corrected chi connectivity index (χ4v) is 1.38. The minimum atomic E-state index is -0.786. The Morgan fingerprint density at radius 3 is 2.73 bits per heavy atom. The quantitative estimate of drug-likeness (QED) is 0.293. The Kier molecular flexibility index (Phi) is 4.89. The first-order valence-electron chi connectivity index (χ1n) is 4.79. The van der Waals surface area contributed by atoms with Gasteiger partial charge in [0.1, 0.15) is 6.10 Å². The molecule has 1 fully saturated rings. The van der Waals surface area contributed by atoms with Crippen molar-refractivity contribution in [1.82, 2.24) is 4.90 Å². The first kappa shape index (κ1) is 11.8. The molecule has 1 rings (SSSR count). The zero-order valence-electron chi connectivity index (χ0n) is 8.68. The summed E-state index contributed by atoms with van der Waals surface area (Å²) in [7, 11) is 2.02. The largest absolute Gasteiger partial charge is 0.511 e. The summed E-state index contributed by atoms with van der Waals surface area (Å²) < 4.78 is 13.7. The van der Waals surface area contributed by atoms with E-state index in [2.05, 4.69) is 14.4 Å². The fraction of sp³-hybridized carbons (Fsp3) is 0.778. The highest BCUT2D eigenvalue weighted by molar-refractivity contribution is 5.60. The highest BCUT2D eigenvalue weighted by atomic mass is 16.8. The molecule has 0 aromatic rings. The Hall–Kier alpha value is -1.30. The second-order valence-corrected chi connectivity index (χ2v) is 3.40. The zero-order valence-corrected chi connectivity index (χ0v) is 8.68. The Morgan fingerprint density at radius 2 is 2.13 bits per heavy atom. The number of ether oxygens (including phenoxy) is 3. The topological polar surface area (TPSA) is 65.1 Å². The normalized spacial score (nSPS) is 18.2. The summed E-state index contributed by atoms with van der Waals surface area (Å²) >= 11 is 0. The predicted molar refractivity (Wildman–Crippen MR) is 50.1 cm³/mol. The maximum Gasteiger partial charge on any atom is 0.511 e. The predicted octanol–water partition coefficient (Wildman–Crippen LogP) is 0.364. The van der Waals surface area contributed by atoms with Gasteiger partial charge >= 0.3 is 6.16 Å². The molecule has 6 heteroatoms. The van der Waals surface area contributed by atoms with E-state index in [9.17, 15) is 9.59 Å². The summed E-state index contributed by atoms with van der Waals surface area (Å²) in [5, 5.41) is 0. The molecule has 0 atom stereocenters. The molecule has 1 aliphatic heterocycles. The Balaban J connectivity index is 2.12. The summed E-state index contributed by atoms with van der Waals surface area (Å²) in [5.41, 5.74) is 0. The molecule has 0 N–H and O–H groups in total. The molecular weight excluding hydrogens is 202 g/mol. The van der Waals surface area contributed by atoms with Crippen LogP contribution in [0.1, 0.15) is 12.8 Å². The number of hydrogen-bond acceptors (Lipinski definition) is 6. The first-order chi connectivity index (χ1) is 7.22. The monoisotopic (exact) mass is 217 g/mol. The fourth-order valence-electron chi connectivity index (χ4n) is 1.38. The van der Waals surface area contributed by atoms with Crippen LogP contribution in [0.5, 0.6) is 0 Å². The van der Waals surface area contributed by atoms with Gasteiger partial charge in [0.05, 0.1) is 0 Å². The smallest absolute Gasteiger partial charge is 0.431 e. The van der Waals surface area contributed by atoms with Crippen LogP contribution in [0.4, 0.5) is 4.79 Å². The van der Waals surface area contributed by atoms with Gasteiger partial charge in [-0.3, -0.25) is 4.79 Å². The van der Waals surface area contributed by atoms with Crippen LogP contribution >= 0.6 is 0 Å². The molecule has 0 aromatic heterocycles. The zero-order chi connectivity index (χ0) is 11.1. The van der Waals surface area contributed by atoms with Gasteiger partial charge in [-0.05, 0) is 19.9 Å². The van der Waals surface area contributed by atoms with Gasteiger partial charge in [0, 0.05) is 13.1 Å². The van der Waals surface area contributed by atoms with Crippen molar-refractivity contribution in [2.45, 2.75) is 18.9 Å². The molecular formula is C9H15NO5. The molecule has 15 heavy (non-hydrogen) atoms. The number of carbonyl (C=O) groups excluding carboxylic acids is 2. The van der Waals surface area contributed by atoms with E-state index in [1.807, 2.05) is 7.05 Å². The van der Waals surface area contributed by atoms with Crippen LogP contribution in [0.3, 0.4) is 0 Å². The number of nitrogens with zero attached hydrogens (tertiary/aromatic N) is 1. The van der Waals surface area contributed by atoms with E-state index in [4.69, 9.17) is 4.74 Å². The van der Waals surface area contributed by atoms with Gasteiger partial charge in [-0.2, -0.15) is 0 Å². The van der Waals surface area contributed by atoms with E-state index in [-0.39, 0.29) is 12.6 Å². The molecule has 0 aliphatic carbocycles. The van der Waals surface area contributed by atoms with E-state index in [0.29, 0.717) is 0 Å². The first-order valence-corrected chi connectivity index (χ1v) is 4.79. The molecule has 0 spiro atoms. The maximum absolute atomic E-state index is 11.0. The molecule has 0 aromatic carbocycles. The third-order valence-electron chi connectivity index (χ3n) is 2.24. The van der Waals surface area contributed by atoms with Crippen molar-refractivity contribution in [3.8, 4) is 0 Å². The third kappa shape index (κ3) is 4.64. The van der Waals surface area contributed by atoms with Crippen molar-refractivity contribution in [1.29, 1.82) is 0 Å². The van der Waals surface area contributed by atoms with Gasteiger partial charge in [0.2, 0.25) is 6.79 Å². The molecule has 0 radical (unpaired) electrons. The Labute approximate surface area is 88.1 Å². The van der Waals surface area contributed by atoms with Crippen LogP contribution in [-0.4, -0.2) is 50.6 Å². The molecule has 86 valence electrons. The van der Waals surface area contributed by atoms with Gasteiger partial charge in [-0.25, -0.2) is 4.79 Å². The van der Waals surface area contributed by atoms with Gasteiger partial charge in [-0.15, -0.1) is 0 Å². The number of carbonyl (C=O) groups is 2. The van der Waals surface area contributed by atoms with Crippen LogP contribution < -0.4 is 0 Å². The van der Waals surface area contributed by atoms with E-state index in [1.165, 1.54) is 0 Å². The van der Waals surface area contributed by atoms with E-state index in [0.717, 1.165) is 25.9 Å². The van der Waals surface area contributed by atoms with Crippen molar-refractivity contribution in [2.24, 2.45) is 0 Å². The van der Waals surface area contributed by atoms with Crippen LogP contribution in [-0.2, 0) is 19.0 Å². The molecule has 0 saturated carbocycles. The molecule has 0 bridgehead atoms. The second kappa shape index (κ2) is 6.23. The lowest BCUT2D eigenvalue weighted by molar-refractivity contribution is -0.138. The lowest BCUT2D eigenvalue weighted by Crippen LogP contribution is -2.35. The Morgan fingerprint density at radius 1 is 1.47 bits per heavy atom. The van der Waals surface area contributed by atoms with Crippen molar-refractivity contribution in [2.75, 3.05) is 26.9 Å². The second-order valence-electron chi connectivity index (χ2n) is 3.40. The van der Waals surface area contributed by atoms with E-state index < -0.39 is 12.9 Å². The number of likely N-dealkylation sites (tertiary alicyclic amines) is 1. The SMILES string of the molecule is CN1CCC(OC(=O)OCOC=O)CC1. The molecule has 1 heterocycles. The van der Waals surface area contributed by atoms with Gasteiger partial charge in [0.15, 0.2) is 0 Å². The molecule has 0 unspecified atom stereocenters. The average molecular weight is 217 g/mol. The standard InChI is InChI=1S/C9H15NO5/c1-10-4-2-8(3-5-10)15-9(12)14-7-13-6-11/h6,8H,2-5,7H2,1H3. The molecule has 6 nitrogen and oxygen atoms in total. The number of rotatable bonds is 4. The van der Waals surface area contributed by atoms with Crippen LogP contribution in [0, 0.1) is 0 Å². The van der Waals surface area contributed by atoms with Crippen LogP contribution in [0.25, 0.3) is 0 Å². The summed E-state index contributed by atoms with van der Waals surface area (Å²) in [4.78, 5) is 22.9. The van der Waals surface area contributed by atoms with Crippen molar-refractivity contribution in [3.63, 3.8) is 0 Å². The molecule has 1 aliphatic rings. The van der Waals surface area contributed by atoms with Crippen molar-refractivity contribution in [3.05, 3.63) is 0 Å². The van der Waals surface area contributed by atoms with Crippen LogP contribution in [0.15, 0.2) is 0 Å². The van der Waals surface area contributed by atoms with E-state index in [1.54, 1.807) is 0 Å². The summed E-state index contributed by atoms with van der Waals surface area (Å²) in [6.07, 6.45) is 0.733. The Bertz CT molecular complexity index is 213. The van der Waals surface area contributed by atoms with Crippen molar-refractivity contribution >= 4 is 12.6 Å². The minimum absolute atomic E-state index is 0.0927. The van der Waals surface area contributed by atoms with Gasteiger partial charge in [0.25, 0.3) is 6.47 Å². The van der Waals surface area contributed by atoms with Crippen molar-refractivity contribution < 1.29 is 23.8 Å². The summed E-state index contributed by atoms with van der Waals surface area (Å²) in [5.74, 6) is 0. The van der Waals surface area contributed by atoms with Gasteiger partial charge < -0.3 is 19.1 Å². The lowest BCUT2D eigenvalue weighted by atomic mass is 10.1. The maximum atomic E-state index is 11.0. The molecule has 1 saturated heterocycles. The molecule has 0 amide bonds. The summed E-state index contributed by atoms with van der Waals surface area (Å²) in [6.45, 7) is 1.63. The highest BCUT2D eigenvalue weighted by Crippen LogP contribution is 2.12. The number of hydrogen-bond donors (Lipinski definition) is 0.